The Labute approximate surface area is 86.4 Å². The van der Waals surface area contributed by atoms with E-state index in [0.29, 0.717) is 12.5 Å². The first-order chi connectivity index (χ1) is 6.63. The molecule has 0 aromatic heterocycles. The van der Waals surface area contributed by atoms with Gasteiger partial charge >= 0.3 is 5.97 Å². The number of piperidine rings is 1. The third-order valence-electron chi connectivity index (χ3n) is 3.00. The van der Waals surface area contributed by atoms with Gasteiger partial charge in [0.1, 0.15) is 0 Å². The Morgan fingerprint density at radius 2 is 2.36 bits per heavy atom. The third-order valence-corrected chi connectivity index (χ3v) is 3.00. The average Bonchev–Trinajstić information content (AvgIpc) is 2.17. The minimum Gasteiger partial charge on any atom is -0.469 e. The molecule has 0 aromatic carbocycles. The summed E-state index contributed by atoms with van der Waals surface area (Å²) >= 11 is 0. The Balaban J connectivity index is 2.35. The third kappa shape index (κ3) is 3.29. The quantitative estimate of drug-likeness (QED) is 0.648. The van der Waals surface area contributed by atoms with Crippen LogP contribution >= 0.6 is 0 Å². The van der Waals surface area contributed by atoms with Crippen molar-refractivity contribution in [1.82, 2.24) is 4.90 Å². The largest absolute Gasteiger partial charge is 0.469 e. The van der Waals surface area contributed by atoms with Gasteiger partial charge in [-0.25, -0.2) is 0 Å². The van der Waals surface area contributed by atoms with E-state index in [0.717, 1.165) is 19.0 Å². The fourth-order valence-electron chi connectivity index (χ4n) is 2.08. The zero-order valence-corrected chi connectivity index (χ0v) is 9.45. The number of ether oxygens (including phenoxy) is 1. The van der Waals surface area contributed by atoms with Gasteiger partial charge < -0.3 is 4.74 Å². The molecule has 2 atom stereocenters. The number of hydrogen-bond donors (Lipinski definition) is 0. The van der Waals surface area contributed by atoms with Gasteiger partial charge in [0, 0.05) is 12.6 Å². The van der Waals surface area contributed by atoms with Crippen molar-refractivity contribution >= 4 is 5.97 Å². The molecular weight excluding hydrogens is 178 g/mol. The molecule has 1 heterocycles. The Bertz CT molecular complexity index is 194. The monoisotopic (exact) mass is 199 g/mol. The smallest absolute Gasteiger partial charge is 0.307 e. The van der Waals surface area contributed by atoms with E-state index in [9.17, 15) is 4.79 Å². The van der Waals surface area contributed by atoms with Crippen molar-refractivity contribution < 1.29 is 9.53 Å². The van der Waals surface area contributed by atoms with Crippen LogP contribution in [-0.2, 0) is 9.53 Å². The molecule has 1 aliphatic heterocycles. The van der Waals surface area contributed by atoms with Crippen LogP contribution < -0.4 is 0 Å². The molecule has 0 radical (unpaired) electrons. The summed E-state index contributed by atoms with van der Waals surface area (Å²) in [6, 6.07) is 0.324. The van der Waals surface area contributed by atoms with Crippen LogP contribution in [-0.4, -0.2) is 37.1 Å². The normalized spacial score (nSPS) is 25.8. The number of nitrogens with zero attached hydrogens (tertiary/aromatic N) is 1. The highest BCUT2D eigenvalue weighted by atomic mass is 16.5. The second-order valence-electron chi connectivity index (χ2n) is 4.37. The van der Waals surface area contributed by atoms with Crippen molar-refractivity contribution in [2.45, 2.75) is 39.2 Å². The lowest BCUT2D eigenvalue weighted by molar-refractivity contribution is -0.142. The van der Waals surface area contributed by atoms with E-state index in [4.69, 9.17) is 0 Å². The molecular formula is C11H21NO2. The molecule has 0 saturated carbocycles. The van der Waals surface area contributed by atoms with Gasteiger partial charge in [-0.1, -0.05) is 6.92 Å². The lowest BCUT2D eigenvalue weighted by Gasteiger charge is -2.35. The molecule has 1 fully saturated rings. The Kier molecular flexibility index (Phi) is 4.39. The second-order valence-corrected chi connectivity index (χ2v) is 4.37. The fraction of sp³-hybridized carbons (Fsp3) is 0.909. The first kappa shape index (κ1) is 11.5. The van der Waals surface area contributed by atoms with Gasteiger partial charge in [0.2, 0.25) is 0 Å². The fourth-order valence-corrected chi connectivity index (χ4v) is 2.08. The summed E-state index contributed by atoms with van der Waals surface area (Å²) in [5.74, 6) is 0.666. The standard InChI is InChI=1S/C11H21NO2/c1-9-5-4-6-12(8-9)10(2)7-11(13)14-3/h9-10H,4-8H2,1-3H3. The maximum atomic E-state index is 11.1. The van der Waals surface area contributed by atoms with Crippen LogP contribution in [0, 0.1) is 5.92 Å². The maximum Gasteiger partial charge on any atom is 0.307 e. The summed E-state index contributed by atoms with van der Waals surface area (Å²) < 4.78 is 4.67. The van der Waals surface area contributed by atoms with Gasteiger partial charge in [0.25, 0.3) is 0 Å². The van der Waals surface area contributed by atoms with Crippen molar-refractivity contribution in [2.24, 2.45) is 5.92 Å². The van der Waals surface area contributed by atoms with E-state index >= 15 is 0 Å². The summed E-state index contributed by atoms with van der Waals surface area (Å²) in [5, 5.41) is 0. The van der Waals surface area contributed by atoms with Gasteiger partial charge in [0.15, 0.2) is 0 Å². The number of hydrogen-bond acceptors (Lipinski definition) is 3. The van der Waals surface area contributed by atoms with Gasteiger partial charge in [-0.05, 0) is 32.2 Å². The lowest BCUT2D eigenvalue weighted by atomic mass is 9.98. The van der Waals surface area contributed by atoms with Gasteiger partial charge in [-0.3, -0.25) is 9.69 Å². The van der Waals surface area contributed by atoms with Crippen LogP contribution in [0.4, 0.5) is 0 Å². The Hall–Kier alpha value is -0.570. The van der Waals surface area contributed by atoms with Crippen LogP contribution in [0.15, 0.2) is 0 Å². The topological polar surface area (TPSA) is 29.5 Å². The van der Waals surface area contributed by atoms with Crippen molar-refractivity contribution in [3.05, 3.63) is 0 Å². The predicted molar refractivity (Wildman–Crippen MR) is 56.1 cm³/mol. The summed E-state index contributed by atoms with van der Waals surface area (Å²) in [6.07, 6.45) is 3.09. The summed E-state index contributed by atoms with van der Waals surface area (Å²) in [6.45, 7) is 6.63. The lowest BCUT2D eigenvalue weighted by Crippen LogP contribution is -2.41. The van der Waals surface area contributed by atoms with Crippen LogP contribution in [0.5, 0.6) is 0 Å². The Morgan fingerprint density at radius 1 is 1.64 bits per heavy atom. The molecule has 0 spiro atoms. The SMILES string of the molecule is COC(=O)CC(C)N1CCCC(C)C1. The van der Waals surface area contributed by atoms with E-state index < -0.39 is 0 Å². The number of methoxy groups -OCH3 is 1. The van der Waals surface area contributed by atoms with Crippen molar-refractivity contribution in [2.75, 3.05) is 20.2 Å². The molecule has 82 valence electrons. The molecule has 0 amide bonds. The molecule has 14 heavy (non-hydrogen) atoms. The van der Waals surface area contributed by atoms with Crippen LogP contribution in [0.1, 0.15) is 33.1 Å². The zero-order chi connectivity index (χ0) is 10.6. The molecule has 0 bridgehead atoms. The van der Waals surface area contributed by atoms with Crippen LogP contribution in [0.25, 0.3) is 0 Å². The minimum atomic E-state index is -0.101. The summed E-state index contributed by atoms with van der Waals surface area (Å²) in [4.78, 5) is 13.5. The van der Waals surface area contributed by atoms with E-state index in [1.807, 2.05) is 0 Å². The number of carbonyl (C=O) groups excluding carboxylic acids is 1. The van der Waals surface area contributed by atoms with E-state index in [-0.39, 0.29) is 5.97 Å². The molecule has 3 nitrogen and oxygen atoms in total. The van der Waals surface area contributed by atoms with Crippen molar-refractivity contribution in [3.63, 3.8) is 0 Å². The molecule has 1 rings (SSSR count). The van der Waals surface area contributed by atoms with E-state index in [1.165, 1.54) is 20.0 Å². The van der Waals surface area contributed by atoms with Gasteiger partial charge in [-0.15, -0.1) is 0 Å². The first-order valence-electron chi connectivity index (χ1n) is 5.44. The van der Waals surface area contributed by atoms with Crippen LogP contribution in [0.2, 0.25) is 0 Å². The van der Waals surface area contributed by atoms with Crippen molar-refractivity contribution in [1.29, 1.82) is 0 Å². The molecule has 0 aromatic rings. The average molecular weight is 199 g/mol. The number of rotatable bonds is 3. The number of likely N-dealkylation sites (tertiary alicyclic amines) is 1. The molecule has 0 N–H and O–H groups in total. The zero-order valence-electron chi connectivity index (χ0n) is 9.45. The first-order valence-corrected chi connectivity index (χ1v) is 5.44. The molecule has 1 saturated heterocycles. The van der Waals surface area contributed by atoms with E-state index in [2.05, 4.69) is 23.5 Å². The van der Waals surface area contributed by atoms with Crippen molar-refractivity contribution in [3.8, 4) is 0 Å². The van der Waals surface area contributed by atoms with E-state index in [1.54, 1.807) is 0 Å². The number of carbonyl (C=O) groups is 1. The summed E-state index contributed by atoms with van der Waals surface area (Å²) in [5.41, 5.74) is 0. The maximum absolute atomic E-state index is 11.1. The molecule has 3 heteroatoms. The molecule has 0 aliphatic carbocycles. The highest BCUT2D eigenvalue weighted by Gasteiger charge is 2.22. The highest BCUT2D eigenvalue weighted by molar-refractivity contribution is 5.69. The minimum absolute atomic E-state index is 0.101. The second kappa shape index (κ2) is 5.35. The highest BCUT2D eigenvalue weighted by Crippen LogP contribution is 2.18. The number of esters is 1. The van der Waals surface area contributed by atoms with Gasteiger partial charge in [0.05, 0.1) is 13.5 Å². The van der Waals surface area contributed by atoms with Crippen LogP contribution in [0.3, 0.4) is 0 Å². The molecule has 1 aliphatic rings. The Morgan fingerprint density at radius 3 is 2.93 bits per heavy atom. The molecule has 2 unspecified atom stereocenters. The van der Waals surface area contributed by atoms with Gasteiger partial charge in [-0.2, -0.15) is 0 Å². The summed E-state index contributed by atoms with van der Waals surface area (Å²) in [7, 11) is 1.45. The predicted octanol–water partition coefficient (Wildman–Crippen LogP) is 1.67.